The fourth-order valence-corrected chi connectivity index (χ4v) is 2.74. The van der Waals surface area contributed by atoms with Crippen LogP contribution in [0.15, 0.2) is 0 Å². The van der Waals surface area contributed by atoms with Crippen molar-refractivity contribution >= 4 is 28.3 Å². The molecule has 0 unspecified atom stereocenters. The van der Waals surface area contributed by atoms with Gasteiger partial charge >= 0.3 is 5.97 Å². The summed E-state index contributed by atoms with van der Waals surface area (Å²) in [4.78, 5) is 29.6. The first-order valence-electron chi connectivity index (χ1n) is 6.72. The third kappa shape index (κ3) is 4.90. The molecule has 7 heteroatoms. The molecule has 1 amide bonds. The molecule has 1 rings (SSSR count). The number of rotatable bonds is 8. The molecule has 0 radical (unpaired) electrons. The molecule has 6 nitrogen and oxygen atoms in total. The maximum Gasteiger partial charge on any atom is 0.309 e. The zero-order valence-electron chi connectivity index (χ0n) is 12.1. The van der Waals surface area contributed by atoms with E-state index in [9.17, 15) is 9.59 Å². The van der Waals surface area contributed by atoms with Crippen molar-refractivity contribution in [2.75, 3.05) is 18.4 Å². The summed E-state index contributed by atoms with van der Waals surface area (Å²) in [5.74, 6) is -1.03. The molecule has 0 atom stereocenters. The minimum Gasteiger partial charge on any atom is -0.481 e. The summed E-state index contributed by atoms with van der Waals surface area (Å²) in [6.45, 7) is 8.31. The quantitative estimate of drug-likeness (QED) is 0.767. The van der Waals surface area contributed by atoms with Gasteiger partial charge in [0.1, 0.15) is 0 Å². The number of carboxylic acid groups (broad SMARTS) is 1. The van der Waals surface area contributed by atoms with Crippen LogP contribution in [0.2, 0.25) is 0 Å². The molecular weight excluding hydrogens is 278 g/mol. The Morgan fingerprint density at radius 3 is 2.45 bits per heavy atom. The number of anilines is 1. The molecule has 2 N–H and O–H groups in total. The van der Waals surface area contributed by atoms with Crippen LogP contribution in [0.4, 0.5) is 5.13 Å². The van der Waals surface area contributed by atoms with E-state index in [2.05, 4.69) is 29.0 Å². The first-order chi connectivity index (χ1) is 9.49. The van der Waals surface area contributed by atoms with Crippen LogP contribution in [0.1, 0.15) is 37.8 Å². The van der Waals surface area contributed by atoms with Gasteiger partial charge in [-0.2, -0.15) is 0 Å². The lowest BCUT2D eigenvalue weighted by Crippen LogP contribution is -2.22. The first-order valence-corrected chi connectivity index (χ1v) is 7.54. The number of carboxylic acids is 1. The number of hydrogen-bond acceptors (Lipinski definition) is 5. The maximum atomic E-state index is 11.4. The van der Waals surface area contributed by atoms with Crippen LogP contribution in [-0.4, -0.2) is 40.0 Å². The van der Waals surface area contributed by atoms with Crippen molar-refractivity contribution in [3.05, 3.63) is 10.6 Å². The molecule has 0 spiro atoms. The second-order valence-electron chi connectivity index (χ2n) is 4.32. The molecule has 0 aliphatic rings. The highest BCUT2D eigenvalue weighted by Gasteiger charge is 2.16. The molecule has 0 aliphatic carbocycles. The van der Waals surface area contributed by atoms with Gasteiger partial charge in [-0.15, -0.1) is 11.3 Å². The highest BCUT2D eigenvalue weighted by atomic mass is 32.1. The summed E-state index contributed by atoms with van der Waals surface area (Å²) in [6, 6.07) is 0. The van der Waals surface area contributed by atoms with Crippen LogP contribution in [-0.2, 0) is 22.6 Å². The highest BCUT2D eigenvalue weighted by molar-refractivity contribution is 7.15. The second kappa shape index (κ2) is 7.96. The van der Waals surface area contributed by atoms with Crippen molar-refractivity contribution in [1.82, 2.24) is 9.88 Å². The molecule has 112 valence electrons. The Hall–Kier alpha value is -1.47. The van der Waals surface area contributed by atoms with Crippen LogP contribution >= 0.6 is 11.3 Å². The number of hydrogen-bond donors (Lipinski definition) is 2. The summed E-state index contributed by atoms with van der Waals surface area (Å²) in [6.07, 6.45) is 0.258. The summed E-state index contributed by atoms with van der Waals surface area (Å²) in [5, 5.41) is 12.1. The van der Waals surface area contributed by atoms with Gasteiger partial charge in [0.25, 0.3) is 0 Å². The van der Waals surface area contributed by atoms with E-state index in [1.54, 1.807) is 6.92 Å². The standard InChI is InChI=1S/C13H21N3O3S/c1-4-11(17)15-13-14-9(7-12(18)19)10(20-13)8-16(5-2)6-3/h4-8H2,1-3H3,(H,18,19)(H,14,15,17). The van der Waals surface area contributed by atoms with Crippen molar-refractivity contribution in [2.24, 2.45) is 0 Å². The lowest BCUT2D eigenvalue weighted by atomic mass is 10.2. The molecule has 1 aromatic heterocycles. The number of carbonyl (C=O) groups is 2. The number of nitrogens with one attached hydrogen (secondary N) is 1. The van der Waals surface area contributed by atoms with Gasteiger partial charge in [-0.25, -0.2) is 4.98 Å². The Bertz CT molecular complexity index is 469. The molecule has 0 saturated carbocycles. The number of aromatic nitrogens is 1. The number of thiazole rings is 1. The third-order valence-electron chi connectivity index (χ3n) is 2.93. The summed E-state index contributed by atoms with van der Waals surface area (Å²) >= 11 is 1.36. The molecular formula is C13H21N3O3S. The molecule has 1 heterocycles. The van der Waals surface area contributed by atoms with Crippen LogP contribution in [0.25, 0.3) is 0 Å². The lowest BCUT2D eigenvalue weighted by Gasteiger charge is -2.17. The Balaban J connectivity index is 2.93. The smallest absolute Gasteiger partial charge is 0.309 e. The van der Waals surface area contributed by atoms with Crippen LogP contribution in [0, 0.1) is 0 Å². The van der Waals surface area contributed by atoms with E-state index in [1.807, 2.05) is 0 Å². The lowest BCUT2D eigenvalue weighted by molar-refractivity contribution is -0.136. The molecule has 0 fully saturated rings. The van der Waals surface area contributed by atoms with E-state index in [0.29, 0.717) is 23.8 Å². The summed E-state index contributed by atoms with van der Waals surface area (Å²) < 4.78 is 0. The number of carbonyl (C=O) groups excluding carboxylic acids is 1. The van der Waals surface area contributed by atoms with Gasteiger partial charge in [0.05, 0.1) is 12.1 Å². The monoisotopic (exact) mass is 299 g/mol. The zero-order chi connectivity index (χ0) is 15.1. The average molecular weight is 299 g/mol. The summed E-state index contributed by atoms with van der Waals surface area (Å²) in [7, 11) is 0. The van der Waals surface area contributed by atoms with E-state index < -0.39 is 5.97 Å². The predicted octanol–water partition coefficient (Wildman–Crippen LogP) is 1.96. The summed E-state index contributed by atoms with van der Waals surface area (Å²) in [5.41, 5.74) is 0.542. The zero-order valence-corrected chi connectivity index (χ0v) is 12.9. The Morgan fingerprint density at radius 2 is 1.95 bits per heavy atom. The number of nitrogens with zero attached hydrogens (tertiary/aromatic N) is 2. The van der Waals surface area contributed by atoms with Crippen molar-refractivity contribution in [3.8, 4) is 0 Å². The predicted molar refractivity (Wildman–Crippen MR) is 79.0 cm³/mol. The Kier molecular flexibility index (Phi) is 6.60. The van der Waals surface area contributed by atoms with Gasteiger partial charge < -0.3 is 10.4 Å². The molecule has 0 saturated heterocycles. The van der Waals surface area contributed by atoms with Gasteiger partial charge in [-0.1, -0.05) is 20.8 Å². The van der Waals surface area contributed by atoms with Crippen LogP contribution in [0.3, 0.4) is 0 Å². The minimum atomic E-state index is -0.913. The van der Waals surface area contributed by atoms with Crippen molar-refractivity contribution < 1.29 is 14.7 Å². The molecule has 0 aliphatic heterocycles. The van der Waals surface area contributed by atoms with E-state index in [0.717, 1.165) is 18.0 Å². The number of amides is 1. The molecule has 20 heavy (non-hydrogen) atoms. The second-order valence-corrected chi connectivity index (χ2v) is 5.41. The van der Waals surface area contributed by atoms with E-state index >= 15 is 0 Å². The van der Waals surface area contributed by atoms with Gasteiger partial charge in [0, 0.05) is 17.8 Å². The van der Waals surface area contributed by atoms with Crippen LogP contribution in [0.5, 0.6) is 0 Å². The maximum absolute atomic E-state index is 11.4. The molecule has 0 aromatic carbocycles. The topological polar surface area (TPSA) is 82.5 Å². The fraction of sp³-hybridized carbons (Fsp3) is 0.615. The van der Waals surface area contributed by atoms with Gasteiger partial charge in [-0.05, 0) is 13.1 Å². The third-order valence-corrected chi connectivity index (χ3v) is 3.92. The van der Waals surface area contributed by atoms with Gasteiger partial charge in [0.2, 0.25) is 5.91 Å². The normalized spacial score (nSPS) is 10.8. The van der Waals surface area contributed by atoms with Crippen molar-refractivity contribution in [2.45, 2.75) is 40.2 Å². The van der Waals surface area contributed by atoms with E-state index in [-0.39, 0.29) is 12.3 Å². The molecule has 1 aromatic rings. The van der Waals surface area contributed by atoms with E-state index in [4.69, 9.17) is 5.11 Å². The molecule has 0 bridgehead atoms. The van der Waals surface area contributed by atoms with Gasteiger partial charge in [0.15, 0.2) is 5.13 Å². The highest BCUT2D eigenvalue weighted by Crippen LogP contribution is 2.25. The minimum absolute atomic E-state index is 0.116. The van der Waals surface area contributed by atoms with Crippen molar-refractivity contribution in [3.63, 3.8) is 0 Å². The van der Waals surface area contributed by atoms with Gasteiger partial charge in [-0.3, -0.25) is 14.5 Å². The Morgan fingerprint density at radius 1 is 1.30 bits per heavy atom. The average Bonchev–Trinajstić information content (AvgIpc) is 2.76. The first kappa shape index (κ1) is 16.6. The fourth-order valence-electron chi connectivity index (χ4n) is 1.70. The van der Waals surface area contributed by atoms with E-state index in [1.165, 1.54) is 11.3 Å². The van der Waals surface area contributed by atoms with Crippen molar-refractivity contribution in [1.29, 1.82) is 0 Å². The number of aliphatic carboxylic acids is 1. The SMILES string of the molecule is CCC(=O)Nc1nc(CC(=O)O)c(CN(CC)CC)s1. The Labute approximate surface area is 122 Å². The van der Waals surface area contributed by atoms with Crippen LogP contribution < -0.4 is 5.32 Å². The largest absolute Gasteiger partial charge is 0.481 e.